The van der Waals surface area contributed by atoms with E-state index >= 15 is 0 Å². The highest BCUT2D eigenvalue weighted by Crippen LogP contribution is 2.40. The second-order valence-electron chi connectivity index (χ2n) is 6.02. The average molecular weight is 309 g/mol. The Kier molecular flexibility index (Phi) is 4.91. The molecule has 0 N–H and O–H groups in total. The van der Waals surface area contributed by atoms with E-state index in [0.29, 0.717) is 5.92 Å². The standard InChI is InChI=1S/C16H23NO3S/c1-19-16(18)13-5-3-2-4-12(13)14-10-21-15(17-14)11-6-8-20-9-7-11/h10-13H,2-9H2,1H3/t12-,13-/m1/s1. The van der Waals surface area contributed by atoms with Gasteiger partial charge in [0.15, 0.2) is 0 Å². The van der Waals surface area contributed by atoms with Gasteiger partial charge in [-0.2, -0.15) is 0 Å². The predicted octanol–water partition coefficient (Wildman–Crippen LogP) is 3.48. The summed E-state index contributed by atoms with van der Waals surface area (Å²) in [6.45, 7) is 1.68. The number of methoxy groups -OCH3 is 1. The minimum absolute atomic E-state index is 0.00612. The molecule has 4 nitrogen and oxygen atoms in total. The lowest BCUT2D eigenvalue weighted by Crippen LogP contribution is -2.27. The summed E-state index contributed by atoms with van der Waals surface area (Å²) in [5.74, 6) is 0.711. The van der Waals surface area contributed by atoms with Gasteiger partial charge in [0.05, 0.1) is 23.7 Å². The van der Waals surface area contributed by atoms with Gasteiger partial charge in [0, 0.05) is 30.4 Å². The van der Waals surface area contributed by atoms with Crippen molar-refractivity contribution in [2.75, 3.05) is 20.3 Å². The maximum Gasteiger partial charge on any atom is 0.309 e. The minimum Gasteiger partial charge on any atom is -0.469 e. The lowest BCUT2D eigenvalue weighted by Gasteiger charge is -2.28. The lowest BCUT2D eigenvalue weighted by molar-refractivity contribution is -0.147. The number of rotatable bonds is 3. The molecular weight excluding hydrogens is 286 g/mol. The molecule has 21 heavy (non-hydrogen) atoms. The van der Waals surface area contributed by atoms with Crippen LogP contribution in [0.15, 0.2) is 5.38 Å². The topological polar surface area (TPSA) is 48.4 Å². The maximum absolute atomic E-state index is 12.0. The van der Waals surface area contributed by atoms with Crippen LogP contribution in [0.3, 0.4) is 0 Å². The first kappa shape index (κ1) is 15.0. The third kappa shape index (κ3) is 3.29. The molecule has 116 valence electrons. The van der Waals surface area contributed by atoms with Crippen LogP contribution >= 0.6 is 11.3 Å². The predicted molar refractivity (Wildman–Crippen MR) is 81.6 cm³/mol. The van der Waals surface area contributed by atoms with Crippen molar-refractivity contribution in [3.63, 3.8) is 0 Å². The Balaban J connectivity index is 1.75. The molecule has 0 radical (unpaired) electrons. The largest absolute Gasteiger partial charge is 0.469 e. The van der Waals surface area contributed by atoms with Gasteiger partial charge in [-0.25, -0.2) is 4.98 Å². The summed E-state index contributed by atoms with van der Waals surface area (Å²) < 4.78 is 10.4. The molecule has 2 aliphatic rings. The molecule has 0 amide bonds. The summed E-state index contributed by atoms with van der Waals surface area (Å²) in [6.07, 6.45) is 6.42. The highest BCUT2D eigenvalue weighted by atomic mass is 32.1. The van der Waals surface area contributed by atoms with Crippen LogP contribution in [0.1, 0.15) is 61.1 Å². The zero-order valence-corrected chi connectivity index (χ0v) is 13.4. The number of nitrogens with zero attached hydrogens (tertiary/aromatic N) is 1. The van der Waals surface area contributed by atoms with Gasteiger partial charge < -0.3 is 9.47 Å². The molecule has 1 aliphatic carbocycles. The van der Waals surface area contributed by atoms with E-state index in [9.17, 15) is 4.79 Å². The fourth-order valence-corrected chi connectivity index (χ4v) is 4.58. The van der Waals surface area contributed by atoms with E-state index in [1.807, 2.05) is 0 Å². The third-order valence-electron chi connectivity index (χ3n) is 4.76. The number of esters is 1. The molecule has 0 bridgehead atoms. The number of hydrogen-bond donors (Lipinski definition) is 0. The van der Waals surface area contributed by atoms with Gasteiger partial charge in [0.25, 0.3) is 0 Å². The van der Waals surface area contributed by atoms with Crippen molar-refractivity contribution in [2.24, 2.45) is 5.92 Å². The number of ether oxygens (including phenoxy) is 2. The van der Waals surface area contributed by atoms with Crippen LogP contribution in [0.5, 0.6) is 0 Å². The Bertz CT molecular complexity index is 482. The molecule has 0 spiro atoms. The van der Waals surface area contributed by atoms with Crippen LogP contribution < -0.4 is 0 Å². The Labute approximate surface area is 129 Å². The zero-order valence-electron chi connectivity index (χ0n) is 12.5. The van der Waals surface area contributed by atoms with Gasteiger partial charge in [0.2, 0.25) is 0 Å². The number of carbonyl (C=O) groups excluding carboxylic acids is 1. The first-order valence-electron chi connectivity index (χ1n) is 7.90. The summed E-state index contributed by atoms with van der Waals surface area (Å²) >= 11 is 1.75. The highest BCUT2D eigenvalue weighted by Gasteiger charge is 2.34. The SMILES string of the molecule is COC(=O)[C@@H]1CCCC[C@H]1c1csc(C2CCOCC2)n1. The van der Waals surface area contributed by atoms with Crippen molar-refractivity contribution in [1.82, 2.24) is 4.98 Å². The van der Waals surface area contributed by atoms with Gasteiger partial charge in [-0.1, -0.05) is 12.8 Å². The second-order valence-corrected chi connectivity index (χ2v) is 6.91. The van der Waals surface area contributed by atoms with E-state index in [-0.39, 0.29) is 17.8 Å². The maximum atomic E-state index is 12.0. The van der Waals surface area contributed by atoms with E-state index in [4.69, 9.17) is 14.5 Å². The number of carbonyl (C=O) groups is 1. The summed E-state index contributed by atoms with van der Waals surface area (Å²) in [6, 6.07) is 0. The van der Waals surface area contributed by atoms with Gasteiger partial charge in [-0.3, -0.25) is 4.79 Å². The van der Waals surface area contributed by atoms with Crippen molar-refractivity contribution >= 4 is 17.3 Å². The van der Waals surface area contributed by atoms with Gasteiger partial charge in [-0.05, 0) is 25.7 Å². The molecule has 2 heterocycles. The molecule has 1 aromatic rings. The molecule has 1 aromatic heterocycles. The monoisotopic (exact) mass is 309 g/mol. The van der Waals surface area contributed by atoms with E-state index in [1.165, 1.54) is 18.5 Å². The molecule has 3 rings (SSSR count). The first-order chi connectivity index (χ1) is 10.3. The molecule has 1 saturated heterocycles. The average Bonchev–Trinajstić information content (AvgIpc) is 3.05. The number of thiazole rings is 1. The van der Waals surface area contributed by atoms with Gasteiger partial charge in [-0.15, -0.1) is 11.3 Å². The lowest BCUT2D eigenvalue weighted by atomic mass is 9.78. The summed E-state index contributed by atoms with van der Waals surface area (Å²) in [7, 11) is 1.49. The van der Waals surface area contributed by atoms with Crippen molar-refractivity contribution in [2.45, 2.75) is 50.4 Å². The normalized spacial score (nSPS) is 27.5. The van der Waals surface area contributed by atoms with Crippen LogP contribution in [-0.2, 0) is 14.3 Å². The Morgan fingerprint density at radius 1 is 1.29 bits per heavy atom. The van der Waals surface area contributed by atoms with E-state index in [2.05, 4.69) is 5.38 Å². The third-order valence-corrected chi connectivity index (χ3v) is 5.79. The molecule has 0 unspecified atom stereocenters. The van der Waals surface area contributed by atoms with Crippen LogP contribution in [0.25, 0.3) is 0 Å². The fraction of sp³-hybridized carbons (Fsp3) is 0.750. The minimum atomic E-state index is -0.0692. The molecule has 5 heteroatoms. The second kappa shape index (κ2) is 6.88. The van der Waals surface area contributed by atoms with Crippen molar-refractivity contribution in [1.29, 1.82) is 0 Å². The van der Waals surface area contributed by atoms with Crippen molar-refractivity contribution in [3.05, 3.63) is 16.1 Å². The summed E-state index contributed by atoms with van der Waals surface area (Å²) in [5, 5.41) is 3.39. The number of aromatic nitrogens is 1. The van der Waals surface area contributed by atoms with Crippen molar-refractivity contribution < 1.29 is 14.3 Å². The summed E-state index contributed by atoms with van der Waals surface area (Å²) in [4.78, 5) is 16.9. The summed E-state index contributed by atoms with van der Waals surface area (Å²) in [5.41, 5.74) is 1.11. The molecule has 0 aromatic carbocycles. The van der Waals surface area contributed by atoms with Crippen LogP contribution in [0.2, 0.25) is 0 Å². The molecule has 2 atom stereocenters. The van der Waals surface area contributed by atoms with E-state index in [1.54, 1.807) is 11.3 Å². The molecule has 1 aliphatic heterocycles. The quantitative estimate of drug-likeness (QED) is 0.802. The van der Waals surface area contributed by atoms with E-state index in [0.717, 1.165) is 51.0 Å². The fourth-order valence-electron chi connectivity index (χ4n) is 3.52. The molecule has 2 fully saturated rings. The Hall–Kier alpha value is -0.940. The van der Waals surface area contributed by atoms with E-state index < -0.39 is 0 Å². The van der Waals surface area contributed by atoms with Crippen molar-refractivity contribution in [3.8, 4) is 0 Å². The number of hydrogen-bond acceptors (Lipinski definition) is 5. The van der Waals surface area contributed by atoms with Gasteiger partial charge in [0.1, 0.15) is 0 Å². The highest BCUT2D eigenvalue weighted by molar-refractivity contribution is 7.09. The Morgan fingerprint density at radius 3 is 2.81 bits per heavy atom. The van der Waals surface area contributed by atoms with Crippen LogP contribution in [0.4, 0.5) is 0 Å². The van der Waals surface area contributed by atoms with Gasteiger partial charge >= 0.3 is 5.97 Å². The Morgan fingerprint density at radius 2 is 2.05 bits per heavy atom. The zero-order chi connectivity index (χ0) is 14.7. The van der Waals surface area contributed by atoms with Crippen LogP contribution in [-0.4, -0.2) is 31.3 Å². The molecule has 1 saturated carbocycles. The first-order valence-corrected chi connectivity index (χ1v) is 8.78. The van der Waals surface area contributed by atoms with Crippen LogP contribution in [0, 0.1) is 5.92 Å². The molecular formula is C16H23NO3S. The smallest absolute Gasteiger partial charge is 0.309 e.